The minimum atomic E-state index is -4.51. The third-order valence-corrected chi connectivity index (χ3v) is 4.03. The number of aromatic nitrogens is 1. The first kappa shape index (κ1) is 18.0. The summed E-state index contributed by atoms with van der Waals surface area (Å²) in [5.41, 5.74) is -0.258. The monoisotopic (exact) mass is 380 g/mol. The van der Waals surface area contributed by atoms with Gasteiger partial charge in [-0.25, -0.2) is 0 Å². The van der Waals surface area contributed by atoms with Gasteiger partial charge < -0.3 is 5.32 Å². The number of rotatable bonds is 2. The number of fused-ring (bicyclic) bond motifs is 1. The van der Waals surface area contributed by atoms with Crippen LogP contribution in [0, 0.1) is 0 Å². The lowest BCUT2D eigenvalue weighted by molar-refractivity contribution is -0.137. The molecule has 4 nitrogen and oxygen atoms in total. The van der Waals surface area contributed by atoms with Crippen LogP contribution in [-0.2, 0) is 6.18 Å². The fraction of sp³-hybridized carbons (Fsp3) is 0.111. The van der Waals surface area contributed by atoms with Crippen LogP contribution in [0.1, 0.15) is 27.6 Å². The standard InChI is InChI=1S/C18H12ClF3N2O2/c1-10(25)24-9-15(14-8-12(19)5-6-16(14)24)17(26)23-13-4-2-3-11(7-13)18(20,21)22/h2-9H,1H3,(H,23,26). The van der Waals surface area contributed by atoms with Crippen molar-refractivity contribution in [2.45, 2.75) is 13.1 Å². The molecular formula is C18H12ClF3N2O2. The number of anilines is 1. The molecular weight excluding hydrogens is 369 g/mol. The van der Waals surface area contributed by atoms with E-state index in [4.69, 9.17) is 11.6 Å². The highest BCUT2D eigenvalue weighted by molar-refractivity contribution is 6.31. The molecule has 1 N–H and O–H groups in total. The highest BCUT2D eigenvalue weighted by Crippen LogP contribution is 2.31. The molecule has 0 saturated carbocycles. The van der Waals surface area contributed by atoms with E-state index in [9.17, 15) is 22.8 Å². The van der Waals surface area contributed by atoms with Crippen LogP contribution < -0.4 is 5.32 Å². The Bertz CT molecular complexity index is 1020. The SMILES string of the molecule is CC(=O)n1cc(C(=O)Nc2cccc(C(F)(F)F)c2)c2cc(Cl)ccc21. The number of hydrogen-bond acceptors (Lipinski definition) is 2. The van der Waals surface area contributed by atoms with Crippen LogP contribution in [0.25, 0.3) is 10.9 Å². The summed E-state index contributed by atoms with van der Waals surface area (Å²) in [6.45, 7) is 1.34. The van der Waals surface area contributed by atoms with Crippen molar-refractivity contribution in [3.05, 3.63) is 64.8 Å². The van der Waals surface area contributed by atoms with Gasteiger partial charge in [0.2, 0.25) is 5.91 Å². The van der Waals surface area contributed by atoms with Crippen LogP contribution in [0.5, 0.6) is 0 Å². The van der Waals surface area contributed by atoms with Crippen LogP contribution in [0.15, 0.2) is 48.7 Å². The van der Waals surface area contributed by atoms with E-state index in [-0.39, 0.29) is 17.2 Å². The number of nitrogens with zero attached hydrogens (tertiary/aromatic N) is 1. The molecule has 26 heavy (non-hydrogen) atoms. The highest BCUT2D eigenvalue weighted by atomic mass is 35.5. The second-order valence-corrected chi connectivity index (χ2v) is 6.06. The van der Waals surface area contributed by atoms with E-state index < -0.39 is 17.6 Å². The van der Waals surface area contributed by atoms with Gasteiger partial charge in [0.15, 0.2) is 0 Å². The second-order valence-electron chi connectivity index (χ2n) is 5.63. The molecule has 3 aromatic rings. The highest BCUT2D eigenvalue weighted by Gasteiger charge is 2.30. The molecule has 0 spiro atoms. The number of halogens is 4. The third-order valence-electron chi connectivity index (χ3n) is 3.80. The van der Waals surface area contributed by atoms with Crippen molar-refractivity contribution in [1.82, 2.24) is 4.57 Å². The maximum atomic E-state index is 12.8. The topological polar surface area (TPSA) is 51.1 Å². The van der Waals surface area contributed by atoms with E-state index in [2.05, 4.69) is 5.32 Å². The van der Waals surface area contributed by atoms with Crippen LogP contribution in [0.3, 0.4) is 0 Å². The number of amides is 1. The Kier molecular flexibility index (Phi) is 4.50. The van der Waals surface area contributed by atoms with E-state index in [1.54, 1.807) is 12.1 Å². The van der Waals surface area contributed by atoms with E-state index in [1.165, 1.54) is 35.9 Å². The number of carbonyl (C=O) groups excluding carboxylic acids is 2. The van der Waals surface area contributed by atoms with Gasteiger partial charge in [0, 0.05) is 29.2 Å². The van der Waals surface area contributed by atoms with Crippen molar-refractivity contribution in [3.8, 4) is 0 Å². The van der Waals surface area contributed by atoms with Gasteiger partial charge in [-0.3, -0.25) is 14.2 Å². The molecule has 8 heteroatoms. The van der Waals surface area contributed by atoms with Crippen molar-refractivity contribution in [2.75, 3.05) is 5.32 Å². The summed E-state index contributed by atoms with van der Waals surface area (Å²) in [5.74, 6) is -0.952. The molecule has 0 fully saturated rings. The number of nitrogens with one attached hydrogen (secondary N) is 1. The lowest BCUT2D eigenvalue weighted by Gasteiger charge is -2.09. The van der Waals surface area contributed by atoms with Gasteiger partial charge in [0.05, 0.1) is 16.6 Å². The van der Waals surface area contributed by atoms with E-state index in [0.717, 1.165) is 12.1 Å². The number of benzene rings is 2. The first-order valence-corrected chi connectivity index (χ1v) is 7.85. The minimum Gasteiger partial charge on any atom is -0.322 e. The third kappa shape index (κ3) is 3.43. The Labute approximate surface area is 151 Å². The zero-order chi connectivity index (χ0) is 19.1. The lowest BCUT2D eigenvalue weighted by atomic mass is 10.1. The number of carbonyl (C=O) groups is 2. The van der Waals surface area contributed by atoms with Crippen molar-refractivity contribution in [2.24, 2.45) is 0 Å². The smallest absolute Gasteiger partial charge is 0.322 e. The lowest BCUT2D eigenvalue weighted by Crippen LogP contribution is -2.13. The van der Waals surface area contributed by atoms with Crippen molar-refractivity contribution in [1.29, 1.82) is 0 Å². The molecule has 0 saturated heterocycles. The van der Waals surface area contributed by atoms with E-state index in [0.29, 0.717) is 15.9 Å². The van der Waals surface area contributed by atoms with Gasteiger partial charge >= 0.3 is 6.18 Å². The Morgan fingerprint density at radius 1 is 1.12 bits per heavy atom. The fourth-order valence-electron chi connectivity index (χ4n) is 2.62. The molecule has 0 aliphatic heterocycles. The molecule has 0 unspecified atom stereocenters. The quantitative estimate of drug-likeness (QED) is 0.662. The summed E-state index contributed by atoms with van der Waals surface area (Å²) in [7, 11) is 0. The Balaban J connectivity index is 2.01. The van der Waals surface area contributed by atoms with Gasteiger partial charge in [-0.1, -0.05) is 17.7 Å². The Morgan fingerprint density at radius 2 is 1.85 bits per heavy atom. The summed E-state index contributed by atoms with van der Waals surface area (Å²) >= 11 is 5.96. The number of hydrogen-bond donors (Lipinski definition) is 1. The molecule has 0 bridgehead atoms. The summed E-state index contributed by atoms with van der Waals surface area (Å²) in [4.78, 5) is 24.3. The summed E-state index contributed by atoms with van der Waals surface area (Å²) in [6.07, 6.45) is -3.18. The Hall–Kier alpha value is -2.80. The predicted molar refractivity (Wildman–Crippen MR) is 92.6 cm³/mol. The predicted octanol–water partition coefficient (Wildman–Crippen LogP) is 5.23. The van der Waals surface area contributed by atoms with Crippen LogP contribution in [0.4, 0.5) is 18.9 Å². The Morgan fingerprint density at radius 3 is 2.50 bits per heavy atom. The number of alkyl halides is 3. The first-order valence-electron chi connectivity index (χ1n) is 7.47. The molecule has 2 aromatic carbocycles. The molecule has 1 heterocycles. The van der Waals surface area contributed by atoms with Gasteiger partial charge in [0.1, 0.15) is 0 Å². The van der Waals surface area contributed by atoms with Gasteiger partial charge in [0.25, 0.3) is 5.91 Å². The largest absolute Gasteiger partial charge is 0.416 e. The zero-order valence-corrected chi connectivity index (χ0v) is 14.2. The van der Waals surface area contributed by atoms with Crippen LogP contribution in [0.2, 0.25) is 5.02 Å². The first-order chi connectivity index (χ1) is 12.2. The summed E-state index contributed by atoms with van der Waals surface area (Å²) < 4.78 is 39.7. The second kappa shape index (κ2) is 6.49. The minimum absolute atomic E-state index is 0.00409. The van der Waals surface area contributed by atoms with Crippen molar-refractivity contribution >= 4 is 40.0 Å². The average molecular weight is 381 g/mol. The van der Waals surface area contributed by atoms with E-state index in [1.807, 2.05) is 0 Å². The molecule has 134 valence electrons. The molecule has 1 aromatic heterocycles. The van der Waals surface area contributed by atoms with Crippen molar-refractivity contribution in [3.63, 3.8) is 0 Å². The van der Waals surface area contributed by atoms with Gasteiger partial charge in [-0.2, -0.15) is 13.2 Å². The van der Waals surface area contributed by atoms with Crippen LogP contribution >= 0.6 is 11.6 Å². The van der Waals surface area contributed by atoms with Gasteiger partial charge in [-0.15, -0.1) is 0 Å². The maximum Gasteiger partial charge on any atom is 0.416 e. The average Bonchev–Trinajstić information content (AvgIpc) is 2.93. The molecule has 3 rings (SSSR count). The van der Waals surface area contributed by atoms with E-state index >= 15 is 0 Å². The zero-order valence-electron chi connectivity index (χ0n) is 13.4. The summed E-state index contributed by atoms with van der Waals surface area (Å²) in [6, 6.07) is 9.01. The fourth-order valence-corrected chi connectivity index (χ4v) is 2.79. The molecule has 0 aliphatic rings. The molecule has 0 atom stereocenters. The molecule has 1 amide bonds. The van der Waals surface area contributed by atoms with Gasteiger partial charge in [-0.05, 0) is 36.4 Å². The summed E-state index contributed by atoms with van der Waals surface area (Å²) in [5, 5.41) is 3.22. The molecule has 0 aliphatic carbocycles. The normalized spacial score (nSPS) is 11.6. The van der Waals surface area contributed by atoms with Crippen molar-refractivity contribution < 1.29 is 22.8 Å². The maximum absolute atomic E-state index is 12.8. The van der Waals surface area contributed by atoms with Crippen LogP contribution in [-0.4, -0.2) is 16.4 Å². The molecule has 0 radical (unpaired) electrons.